The Labute approximate surface area is 161 Å². The van der Waals surface area contributed by atoms with Crippen molar-refractivity contribution in [2.24, 2.45) is 5.41 Å². The highest BCUT2D eigenvalue weighted by Gasteiger charge is 2.75. The fraction of sp³-hybridized carbons (Fsp3) is 0.273. The monoisotopic (exact) mass is 370 g/mol. The van der Waals surface area contributed by atoms with Gasteiger partial charge >= 0.3 is 0 Å². The van der Waals surface area contributed by atoms with Crippen molar-refractivity contribution >= 4 is 33.5 Å². The molecule has 5 heteroatoms. The molecule has 0 radical (unpaired) electrons. The van der Waals surface area contributed by atoms with Gasteiger partial charge in [0.2, 0.25) is 0 Å². The zero-order valence-electron chi connectivity index (χ0n) is 15.2. The van der Waals surface area contributed by atoms with Crippen LogP contribution >= 0.6 is 11.3 Å². The minimum atomic E-state index is 0.0708. The number of nitrogens with zero attached hydrogens (tertiary/aromatic N) is 4. The summed E-state index contributed by atoms with van der Waals surface area (Å²) >= 11 is 1.79. The minimum Gasteiger partial charge on any atom is -0.306 e. The van der Waals surface area contributed by atoms with E-state index in [9.17, 15) is 0 Å². The number of para-hydroxylation sites is 1. The number of thiophene rings is 1. The minimum absolute atomic E-state index is 0.0708. The molecule has 0 bridgehead atoms. The van der Waals surface area contributed by atoms with Gasteiger partial charge in [0.25, 0.3) is 0 Å². The molecule has 3 atom stereocenters. The standard InChI is InChI=1S/C22H18N4S/c1-21-13-6-3-4-7-16(13)26-19-17(11-23-12-24-19)25(18-8-5-9-27-18)20(26)22(21,2)15-10-14(15)21/h3-9,11-12,20H,10H2,1-2H3. The van der Waals surface area contributed by atoms with Gasteiger partial charge in [0.1, 0.15) is 18.2 Å². The number of benzene rings is 1. The molecule has 0 fully saturated rings. The molecule has 4 heterocycles. The van der Waals surface area contributed by atoms with Gasteiger partial charge in [0.05, 0.1) is 11.2 Å². The molecule has 2 aromatic heterocycles. The molecule has 7 rings (SSSR count). The first-order chi connectivity index (χ1) is 13.2. The molecular weight excluding hydrogens is 352 g/mol. The van der Waals surface area contributed by atoms with Crippen molar-refractivity contribution in [3.8, 4) is 0 Å². The van der Waals surface area contributed by atoms with Gasteiger partial charge in [-0.1, -0.05) is 43.2 Å². The van der Waals surface area contributed by atoms with E-state index in [1.165, 1.54) is 22.7 Å². The Morgan fingerprint density at radius 3 is 2.78 bits per heavy atom. The summed E-state index contributed by atoms with van der Waals surface area (Å²) in [5.74, 6) is 1.02. The van der Waals surface area contributed by atoms with E-state index in [4.69, 9.17) is 4.98 Å². The van der Waals surface area contributed by atoms with Gasteiger partial charge in [-0.2, -0.15) is 0 Å². The van der Waals surface area contributed by atoms with Crippen molar-refractivity contribution < 1.29 is 0 Å². The smallest absolute Gasteiger partial charge is 0.162 e. The quantitative estimate of drug-likeness (QED) is 0.555. The number of fused-ring (bicyclic) bond motifs is 10. The molecule has 2 aliphatic carbocycles. The van der Waals surface area contributed by atoms with Crippen LogP contribution in [0.25, 0.3) is 0 Å². The molecule has 132 valence electrons. The highest BCUT2D eigenvalue weighted by molar-refractivity contribution is 7.14. The van der Waals surface area contributed by atoms with Crippen molar-refractivity contribution in [3.63, 3.8) is 0 Å². The summed E-state index contributed by atoms with van der Waals surface area (Å²) in [6.07, 6.45) is 5.04. The third kappa shape index (κ3) is 1.33. The Kier molecular flexibility index (Phi) is 2.27. The molecule has 0 spiro atoms. The first kappa shape index (κ1) is 14.4. The molecule has 0 N–H and O–H groups in total. The highest BCUT2D eigenvalue weighted by atomic mass is 32.1. The van der Waals surface area contributed by atoms with Crippen molar-refractivity contribution in [1.82, 2.24) is 9.97 Å². The Morgan fingerprint density at radius 2 is 1.93 bits per heavy atom. The molecule has 4 aliphatic rings. The van der Waals surface area contributed by atoms with Gasteiger partial charge in [-0.25, -0.2) is 9.97 Å². The molecule has 0 saturated heterocycles. The number of allylic oxidation sites excluding steroid dienone is 1. The Balaban J connectivity index is 1.59. The van der Waals surface area contributed by atoms with Crippen molar-refractivity contribution in [2.75, 3.05) is 9.80 Å². The summed E-state index contributed by atoms with van der Waals surface area (Å²) in [6, 6.07) is 13.3. The summed E-state index contributed by atoms with van der Waals surface area (Å²) < 4.78 is 0. The average Bonchev–Trinajstić information content (AvgIpc) is 3.12. The van der Waals surface area contributed by atoms with Crippen LogP contribution in [-0.2, 0) is 5.41 Å². The lowest BCUT2D eigenvalue weighted by atomic mass is 9.51. The van der Waals surface area contributed by atoms with E-state index in [1.54, 1.807) is 28.8 Å². The molecule has 3 unspecified atom stereocenters. The van der Waals surface area contributed by atoms with Crippen LogP contribution in [0.2, 0.25) is 0 Å². The summed E-state index contributed by atoms with van der Waals surface area (Å²) in [4.78, 5) is 14.1. The normalized spacial score (nSPS) is 31.6. The number of anilines is 4. The molecular formula is C22H18N4S. The van der Waals surface area contributed by atoms with Crippen molar-refractivity contribution in [1.29, 1.82) is 0 Å². The van der Waals surface area contributed by atoms with E-state index in [-0.39, 0.29) is 17.0 Å². The summed E-state index contributed by atoms with van der Waals surface area (Å²) in [7, 11) is 0. The predicted molar refractivity (Wildman–Crippen MR) is 108 cm³/mol. The van der Waals surface area contributed by atoms with Gasteiger partial charge in [0.15, 0.2) is 5.82 Å². The third-order valence-electron chi connectivity index (χ3n) is 7.47. The molecule has 2 aliphatic heterocycles. The first-order valence-electron chi connectivity index (χ1n) is 9.42. The van der Waals surface area contributed by atoms with Gasteiger partial charge in [-0.05, 0) is 35.6 Å². The fourth-order valence-corrected chi connectivity index (χ4v) is 6.83. The summed E-state index contributed by atoms with van der Waals surface area (Å²) in [5, 5.41) is 3.42. The lowest BCUT2D eigenvalue weighted by molar-refractivity contribution is 0.174. The van der Waals surface area contributed by atoms with Crippen molar-refractivity contribution in [3.05, 3.63) is 71.0 Å². The maximum absolute atomic E-state index is 4.74. The Hall–Kier alpha value is -2.66. The second kappa shape index (κ2) is 4.25. The maximum atomic E-state index is 4.74. The Morgan fingerprint density at radius 1 is 1.04 bits per heavy atom. The second-order valence-electron chi connectivity index (χ2n) is 8.27. The summed E-state index contributed by atoms with van der Waals surface area (Å²) in [5.41, 5.74) is 7.33. The zero-order valence-corrected chi connectivity index (χ0v) is 16.0. The molecule has 0 amide bonds. The second-order valence-corrected chi connectivity index (χ2v) is 9.20. The third-order valence-corrected chi connectivity index (χ3v) is 8.34. The van der Waals surface area contributed by atoms with Crippen LogP contribution in [0.4, 0.5) is 22.2 Å². The van der Waals surface area contributed by atoms with Crippen LogP contribution < -0.4 is 9.80 Å². The van der Waals surface area contributed by atoms with Gasteiger partial charge in [-0.3, -0.25) is 0 Å². The van der Waals surface area contributed by atoms with E-state index >= 15 is 0 Å². The summed E-state index contributed by atoms with van der Waals surface area (Å²) in [6.45, 7) is 4.92. The van der Waals surface area contributed by atoms with E-state index in [0.717, 1.165) is 11.5 Å². The van der Waals surface area contributed by atoms with Gasteiger partial charge < -0.3 is 9.80 Å². The topological polar surface area (TPSA) is 32.3 Å². The lowest BCUT2D eigenvalue weighted by Crippen LogP contribution is -2.64. The van der Waals surface area contributed by atoms with E-state index < -0.39 is 0 Å². The molecule has 1 aromatic carbocycles. The van der Waals surface area contributed by atoms with Gasteiger partial charge in [0, 0.05) is 16.5 Å². The van der Waals surface area contributed by atoms with Crippen LogP contribution in [0.5, 0.6) is 0 Å². The molecule has 27 heavy (non-hydrogen) atoms. The molecule has 3 aromatic rings. The molecule has 0 saturated carbocycles. The number of hydrogen-bond donors (Lipinski definition) is 0. The molecule has 4 nitrogen and oxygen atoms in total. The fourth-order valence-electron chi connectivity index (χ4n) is 6.07. The van der Waals surface area contributed by atoms with Crippen LogP contribution in [0.1, 0.15) is 25.8 Å². The van der Waals surface area contributed by atoms with E-state index in [1.807, 2.05) is 6.20 Å². The Bertz CT molecular complexity index is 1170. The lowest BCUT2D eigenvalue weighted by Gasteiger charge is -2.60. The number of aromatic nitrogens is 2. The van der Waals surface area contributed by atoms with Crippen molar-refractivity contribution in [2.45, 2.75) is 31.8 Å². The highest BCUT2D eigenvalue weighted by Crippen LogP contribution is 2.79. The van der Waals surface area contributed by atoms with Gasteiger partial charge in [-0.15, -0.1) is 11.3 Å². The predicted octanol–water partition coefficient (Wildman–Crippen LogP) is 5.15. The number of rotatable bonds is 1. The van der Waals surface area contributed by atoms with Crippen LogP contribution in [0, 0.1) is 5.41 Å². The average molecular weight is 370 g/mol. The van der Waals surface area contributed by atoms with E-state index in [2.05, 4.69) is 70.4 Å². The van der Waals surface area contributed by atoms with E-state index in [0.29, 0.717) is 0 Å². The number of hydrogen-bond acceptors (Lipinski definition) is 5. The van der Waals surface area contributed by atoms with Crippen LogP contribution in [-0.4, -0.2) is 16.1 Å². The SMILES string of the molecule is CC12C3=C(C3)C1(C)C1N(c3cccs3)c3cncnc3N1c1ccccc12. The largest absolute Gasteiger partial charge is 0.306 e. The van der Waals surface area contributed by atoms with Crippen LogP contribution in [0.3, 0.4) is 0 Å². The first-order valence-corrected chi connectivity index (χ1v) is 10.3. The zero-order chi connectivity index (χ0) is 18.0. The van der Waals surface area contributed by atoms with Crippen LogP contribution in [0.15, 0.2) is 65.4 Å². The maximum Gasteiger partial charge on any atom is 0.162 e.